The summed E-state index contributed by atoms with van der Waals surface area (Å²) < 4.78 is 6.12. The minimum Gasteiger partial charge on any atom is -0.456 e. The molecule has 0 spiro atoms. The molecule has 0 fully saturated rings. The van der Waals surface area contributed by atoms with Crippen molar-refractivity contribution >= 4 is 21.9 Å². The molecule has 4 aromatic carbocycles. The second kappa shape index (κ2) is 7.82. The van der Waals surface area contributed by atoms with Crippen molar-refractivity contribution in [3.63, 3.8) is 0 Å². The van der Waals surface area contributed by atoms with Crippen molar-refractivity contribution < 1.29 is 4.42 Å². The highest BCUT2D eigenvalue weighted by Gasteiger charge is 2.11. The van der Waals surface area contributed by atoms with Crippen molar-refractivity contribution in [3.8, 4) is 22.4 Å². The van der Waals surface area contributed by atoms with E-state index in [0.29, 0.717) is 0 Å². The number of hydrogen-bond donors (Lipinski definition) is 0. The summed E-state index contributed by atoms with van der Waals surface area (Å²) in [6, 6.07) is 38.0. The van der Waals surface area contributed by atoms with E-state index in [1.807, 2.05) is 12.3 Å². The Morgan fingerprint density at radius 3 is 1.94 bits per heavy atom. The molecule has 0 bridgehead atoms. The molecule has 0 N–H and O–H groups in total. The maximum Gasteiger partial charge on any atom is 0.135 e. The first-order valence-electron chi connectivity index (χ1n) is 10.8. The summed E-state index contributed by atoms with van der Waals surface area (Å²) in [6.07, 6.45) is 2.80. The fourth-order valence-electron chi connectivity index (χ4n) is 4.32. The average molecular weight is 412 g/mol. The Kier molecular flexibility index (Phi) is 4.54. The minimum atomic E-state index is 0.897. The maximum atomic E-state index is 6.12. The van der Waals surface area contributed by atoms with E-state index in [9.17, 15) is 0 Å². The summed E-state index contributed by atoms with van der Waals surface area (Å²) >= 11 is 0. The topological polar surface area (TPSA) is 26.0 Å². The van der Waals surface area contributed by atoms with Crippen LogP contribution in [0, 0.1) is 0 Å². The van der Waals surface area contributed by atoms with Crippen LogP contribution in [0.5, 0.6) is 0 Å². The second-order valence-corrected chi connectivity index (χ2v) is 8.10. The zero-order valence-electron chi connectivity index (χ0n) is 17.5. The quantitative estimate of drug-likeness (QED) is 0.295. The third-order valence-electron chi connectivity index (χ3n) is 5.95. The Balaban J connectivity index is 1.42. The summed E-state index contributed by atoms with van der Waals surface area (Å²) in [5.74, 6) is 0. The molecule has 0 saturated heterocycles. The van der Waals surface area contributed by atoms with Crippen LogP contribution < -0.4 is 0 Å². The molecule has 0 amide bonds. The zero-order chi connectivity index (χ0) is 21.3. The van der Waals surface area contributed by atoms with Gasteiger partial charge in [0.25, 0.3) is 0 Å². The van der Waals surface area contributed by atoms with Gasteiger partial charge in [0.2, 0.25) is 0 Å². The number of hydrogen-bond acceptors (Lipinski definition) is 2. The van der Waals surface area contributed by atoms with Crippen molar-refractivity contribution in [2.24, 2.45) is 0 Å². The van der Waals surface area contributed by atoms with E-state index in [0.717, 1.165) is 39.6 Å². The minimum absolute atomic E-state index is 0.897. The van der Waals surface area contributed by atoms with Gasteiger partial charge in [-0.1, -0.05) is 66.7 Å². The molecule has 32 heavy (non-hydrogen) atoms. The number of rotatable bonds is 4. The van der Waals surface area contributed by atoms with Crippen LogP contribution in [0.2, 0.25) is 0 Å². The third kappa shape index (κ3) is 3.46. The first kappa shape index (κ1) is 18.6. The summed E-state index contributed by atoms with van der Waals surface area (Å²) in [5.41, 5.74) is 8.83. The molecule has 2 heterocycles. The number of pyridine rings is 1. The molecule has 2 nitrogen and oxygen atoms in total. The maximum absolute atomic E-state index is 6.12. The van der Waals surface area contributed by atoms with Gasteiger partial charge in [-0.25, -0.2) is 0 Å². The molecular formula is C30H21NO. The van der Waals surface area contributed by atoms with Gasteiger partial charge in [-0.2, -0.15) is 0 Å². The molecular weight excluding hydrogens is 390 g/mol. The standard InChI is InChI=1S/C30H21NO/c1-3-7-21(8-4-1)17-22-15-16-31-28(18-22)25-12-14-30-27(20-25)26-19-24(11-13-29(26)32-30)23-9-5-2-6-10-23/h1-16,18-20H,17H2. The summed E-state index contributed by atoms with van der Waals surface area (Å²) in [4.78, 5) is 4.66. The molecule has 0 unspecified atom stereocenters. The van der Waals surface area contributed by atoms with Gasteiger partial charge in [0.05, 0.1) is 5.69 Å². The normalized spacial score (nSPS) is 11.2. The molecule has 0 aliphatic heterocycles. The highest BCUT2D eigenvalue weighted by atomic mass is 16.3. The van der Waals surface area contributed by atoms with Crippen LogP contribution in [0.25, 0.3) is 44.3 Å². The van der Waals surface area contributed by atoms with E-state index in [1.54, 1.807) is 0 Å². The van der Waals surface area contributed by atoms with Crippen molar-refractivity contribution in [3.05, 3.63) is 127 Å². The van der Waals surface area contributed by atoms with E-state index < -0.39 is 0 Å². The van der Waals surface area contributed by atoms with Crippen LogP contribution in [0.4, 0.5) is 0 Å². The predicted octanol–water partition coefficient (Wildman–Crippen LogP) is 7.91. The van der Waals surface area contributed by atoms with E-state index in [2.05, 4.69) is 108 Å². The third-order valence-corrected chi connectivity index (χ3v) is 5.95. The van der Waals surface area contributed by atoms with E-state index in [-0.39, 0.29) is 0 Å². The fourth-order valence-corrected chi connectivity index (χ4v) is 4.32. The molecule has 2 heteroatoms. The van der Waals surface area contributed by atoms with Crippen LogP contribution >= 0.6 is 0 Å². The SMILES string of the molecule is c1ccc(Cc2ccnc(-c3ccc4oc5ccc(-c6ccccc6)cc5c4c3)c2)cc1. The monoisotopic (exact) mass is 411 g/mol. The van der Waals surface area contributed by atoms with Gasteiger partial charge >= 0.3 is 0 Å². The lowest BCUT2D eigenvalue weighted by atomic mass is 10.0. The van der Waals surface area contributed by atoms with Gasteiger partial charge in [0, 0.05) is 22.5 Å². The van der Waals surface area contributed by atoms with E-state index in [4.69, 9.17) is 4.42 Å². The van der Waals surface area contributed by atoms with E-state index in [1.165, 1.54) is 22.3 Å². The molecule has 0 saturated carbocycles. The number of nitrogens with zero attached hydrogens (tertiary/aromatic N) is 1. The number of aromatic nitrogens is 1. The van der Waals surface area contributed by atoms with Gasteiger partial charge in [-0.3, -0.25) is 4.98 Å². The largest absolute Gasteiger partial charge is 0.456 e. The molecule has 0 radical (unpaired) electrons. The van der Waals surface area contributed by atoms with Crippen LogP contribution in [0.15, 0.2) is 120 Å². The van der Waals surface area contributed by atoms with Crippen LogP contribution in [-0.2, 0) is 6.42 Å². The highest BCUT2D eigenvalue weighted by molar-refractivity contribution is 6.07. The molecule has 0 aliphatic rings. The first-order chi connectivity index (χ1) is 15.8. The Morgan fingerprint density at radius 1 is 0.531 bits per heavy atom. The Morgan fingerprint density at radius 2 is 1.19 bits per heavy atom. The Labute approximate surface area is 186 Å². The zero-order valence-corrected chi connectivity index (χ0v) is 17.5. The van der Waals surface area contributed by atoms with Gasteiger partial charge in [0.15, 0.2) is 0 Å². The van der Waals surface area contributed by atoms with Gasteiger partial charge in [-0.15, -0.1) is 0 Å². The van der Waals surface area contributed by atoms with Crippen molar-refractivity contribution in [1.29, 1.82) is 0 Å². The predicted molar refractivity (Wildman–Crippen MR) is 132 cm³/mol. The number of fused-ring (bicyclic) bond motifs is 3. The van der Waals surface area contributed by atoms with Crippen molar-refractivity contribution in [2.75, 3.05) is 0 Å². The molecule has 2 aromatic heterocycles. The lowest BCUT2D eigenvalue weighted by Gasteiger charge is -2.06. The highest BCUT2D eigenvalue weighted by Crippen LogP contribution is 2.34. The number of benzene rings is 4. The number of furan rings is 1. The average Bonchev–Trinajstić information content (AvgIpc) is 3.22. The van der Waals surface area contributed by atoms with E-state index >= 15 is 0 Å². The lowest BCUT2D eigenvalue weighted by molar-refractivity contribution is 0.669. The van der Waals surface area contributed by atoms with Crippen LogP contribution in [0.1, 0.15) is 11.1 Å². The smallest absolute Gasteiger partial charge is 0.135 e. The van der Waals surface area contributed by atoms with Crippen LogP contribution in [0.3, 0.4) is 0 Å². The summed E-state index contributed by atoms with van der Waals surface area (Å²) in [5, 5.41) is 2.24. The molecule has 0 atom stereocenters. The van der Waals surface area contributed by atoms with Gasteiger partial charge in [-0.05, 0) is 71.1 Å². The Hall–Kier alpha value is -4.17. The summed E-state index contributed by atoms with van der Waals surface area (Å²) in [7, 11) is 0. The van der Waals surface area contributed by atoms with Crippen molar-refractivity contribution in [1.82, 2.24) is 4.98 Å². The van der Waals surface area contributed by atoms with Crippen LogP contribution in [-0.4, -0.2) is 4.98 Å². The molecule has 0 aliphatic carbocycles. The lowest BCUT2D eigenvalue weighted by Crippen LogP contribution is -1.91. The summed E-state index contributed by atoms with van der Waals surface area (Å²) in [6.45, 7) is 0. The van der Waals surface area contributed by atoms with Gasteiger partial charge < -0.3 is 4.42 Å². The molecule has 6 aromatic rings. The second-order valence-electron chi connectivity index (χ2n) is 8.10. The van der Waals surface area contributed by atoms with Crippen molar-refractivity contribution in [2.45, 2.75) is 6.42 Å². The van der Waals surface area contributed by atoms with Gasteiger partial charge in [0.1, 0.15) is 11.2 Å². The first-order valence-corrected chi connectivity index (χ1v) is 10.8. The Bertz CT molecular complexity index is 1530. The molecule has 6 rings (SSSR count). The fraction of sp³-hybridized carbons (Fsp3) is 0.0333. The molecule has 152 valence electrons.